The monoisotopic (exact) mass is 336 g/mol. The average molecular weight is 336 g/mol. The highest BCUT2D eigenvalue weighted by atomic mass is 16.5. The van der Waals surface area contributed by atoms with Crippen LogP contribution in [0, 0.1) is 0 Å². The highest BCUT2D eigenvalue weighted by Crippen LogP contribution is 2.19. The third-order valence-electron chi connectivity index (χ3n) is 3.44. The van der Waals surface area contributed by atoms with Gasteiger partial charge in [0.05, 0.1) is 0 Å². The van der Waals surface area contributed by atoms with Crippen LogP contribution in [0.4, 0.5) is 0 Å². The van der Waals surface area contributed by atoms with Gasteiger partial charge in [-0.1, -0.05) is 65.8 Å². The number of hydrogen-bond donors (Lipinski definition) is 1. The Balaban J connectivity index is 1.49. The third-order valence-corrected chi connectivity index (χ3v) is 3.44. The van der Waals surface area contributed by atoms with E-state index < -0.39 is 11.9 Å². The topological polar surface area (TPSA) is 81.4 Å². The van der Waals surface area contributed by atoms with E-state index in [1.54, 1.807) is 0 Å². The van der Waals surface area contributed by atoms with Crippen molar-refractivity contribution in [3.05, 3.63) is 78.0 Å². The number of aromatic nitrogens is 1. The summed E-state index contributed by atoms with van der Waals surface area (Å²) in [6, 6.07) is 20.1. The van der Waals surface area contributed by atoms with Gasteiger partial charge in [-0.05, 0) is 5.56 Å². The molecule has 126 valence electrons. The van der Waals surface area contributed by atoms with E-state index in [-0.39, 0.29) is 18.8 Å². The number of ether oxygens (including phenoxy) is 1. The van der Waals surface area contributed by atoms with E-state index in [0.717, 1.165) is 11.1 Å². The highest BCUT2D eigenvalue weighted by Gasteiger charge is 2.15. The van der Waals surface area contributed by atoms with Crippen LogP contribution >= 0.6 is 0 Å². The molecule has 0 bridgehead atoms. The van der Waals surface area contributed by atoms with Crippen LogP contribution < -0.4 is 5.32 Å². The van der Waals surface area contributed by atoms with Gasteiger partial charge in [-0.25, -0.2) is 0 Å². The maximum atomic E-state index is 12.0. The fourth-order valence-electron chi connectivity index (χ4n) is 2.15. The number of carbonyl (C=O) groups is 2. The summed E-state index contributed by atoms with van der Waals surface area (Å²) in [6.45, 7) is -0.0726. The predicted octanol–water partition coefficient (Wildman–Crippen LogP) is 2.81. The molecule has 25 heavy (non-hydrogen) atoms. The third kappa shape index (κ3) is 4.54. The second kappa shape index (κ2) is 7.92. The maximum absolute atomic E-state index is 12.0. The lowest BCUT2D eigenvalue weighted by atomic mass is 10.1. The van der Waals surface area contributed by atoms with E-state index in [9.17, 15) is 9.59 Å². The lowest BCUT2D eigenvalue weighted by Crippen LogP contribution is -2.30. The van der Waals surface area contributed by atoms with Crippen molar-refractivity contribution in [2.75, 3.05) is 6.54 Å². The van der Waals surface area contributed by atoms with Crippen LogP contribution in [0.2, 0.25) is 0 Å². The molecule has 1 N–H and O–H groups in total. The number of benzene rings is 2. The number of nitrogens with one attached hydrogen (secondary N) is 1. The van der Waals surface area contributed by atoms with Gasteiger partial charge in [0.2, 0.25) is 0 Å². The minimum Gasteiger partial charge on any atom is -0.460 e. The van der Waals surface area contributed by atoms with Gasteiger partial charge < -0.3 is 14.6 Å². The molecule has 0 aliphatic carbocycles. The Morgan fingerprint density at radius 2 is 1.68 bits per heavy atom. The van der Waals surface area contributed by atoms with Gasteiger partial charge in [-0.15, -0.1) is 0 Å². The van der Waals surface area contributed by atoms with Crippen molar-refractivity contribution >= 4 is 11.9 Å². The van der Waals surface area contributed by atoms with Crippen molar-refractivity contribution < 1.29 is 18.8 Å². The number of carbonyl (C=O) groups excluding carboxylic acids is 2. The Bertz CT molecular complexity index is 844. The Kier molecular flexibility index (Phi) is 5.21. The molecular weight excluding hydrogens is 320 g/mol. The maximum Gasteiger partial charge on any atom is 0.325 e. The van der Waals surface area contributed by atoms with E-state index in [1.807, 2.05) is 60.7 Å². The fourth-order valence-corrected chi connectivity index (χ4v) is 2.15. The quantitative estimate of drug-likeness (QED) is 0.700. The molecule has 2 aromatic carbocycles. The van der Waals surface area contributed by atoms with E-state index in [0.29, 0.717) is 5.76 Å². The minimum absolute atomic E-state index is 0.106. The molecular formula is C19H16N2O4. The molecule has 1 amide bonds. The van der Waals surface area contributed by atoms with Gasteiger partial charge in [0.25, 0.3) is 5.91 Å². The van der Waals surface area contributed by atoms with Crippen molar-refractivity contribution in [3.8, 4) is 11.3 Å². The molecule has 6 nitrogen and oxygen atoms in total. The molecule has 6 heteroatoms. The van der Waals surface area contributed by atoms with Gasteiger partial charge in [0.1, 0.15) is 13.2 Å². The van der Waals surface area contributed by atoms with Crippen LogP contribution in [0.3, 0.4) is 0 Å². The van der Waals surface area contributed by atoms with E-state index in [1.165, 1.54) is 6.07 Å². The Hall–Kier alpha value is -3.41. The van der Waals surface area contributed by atoms with Crippen LogP contribution in [0.5, 0.6) is 0 Å². The lowest BCUT2D eigenvalue weighted by molar-refractivity contribution is -0.143. The average Bonchev–Trinajstić information content (AvgIpc) is 3.16. The van der Waals surface area contributed by atoms with Crippen LogP contribution in [-0.2, 0) is 16.1 Å². The zero-order valence-corrected chi connectivity index (χ0v) is 13.3. The van der Waals surface area contributed by atoms with Crippen LogP contribution in [0.1, 0.15) is 16.1 Å². The molecule has 0 radical (unpaired) electrons. The van der Waals surface area contributed by atoms with Crippen LogP contribution in [-0.4, -0.2) is 23.6 Å². The zero-order valence-electron chi connectivity index (χ0n) is 13.3. The Morgan fingerprint density at radius 3 is 2.40 bits per heavy atom. The second-order valence-corrected chi connectivity index (χ2v) is 5.27. The Morgan fingerprint density at radius 1 is 1.00 bits per heavy atom. The molecule has 0 fully saturated rings. The number of hydrogen-bond acceptors (Lipinski definition) is 5. The summed E-state index contributed by atoms with van der Waals surface area (Å²) >= 11 is 0. The normalized spacial score (nSPS) is 10.2. The summed E-state index contributed by atoms with van der Waals surface area (Å²) in [4.78, 5) is 23.7. The molecule has 0 saturated carbocycles. The van der Waals surface area contributed by atoms with Gasteiger partial charge in [0, 0.05) is 11.6 Å². The van der Waals surface area contributed by atoms with E-state index in [4.69, 9.17) is 9.26 Å². The van der Waals surface area contributed by atoms with Gasteiger partial charge >= 0.3 is 5.97 Å². The highest BCUT2D eigenvalue weighted by molar-refractivity contribution is 5.94. The molecule has 3 aromatic rings. The van der Waals surface area contributed by atoms with Crippen molar-refractivity contribution in [1.82, 2.24) is 10.5 Å². The van der Waals surface area contributed by atoms with Gasteiger partial charge in [-0.2, -0.15) is 0 Å². The number of amides is 1. The molecule has 0 atom stereocenters. The fraction of sp³-hybridized carbons (Fsp3) is 0.105. The predicted molar refractivity (Wildman–Crippen MR) is 90.5 cm³/mol. The van der Waals surface area contributed by atoms with Crippen molar-refractivity contribution in [2.24, 2.45) is 0 Å². The summed E-state index contributed by atoms with van der Waals surface area (Å²) in [6.07, 6.45) is 0. The Labute approximate surface area is 144 Å². The van der Waals surface area contributed by atoms with Crippen LogP contribution in [0.15, 0.2) is 71.3 Å². The van der Waals surface area contributed by atoms with E-state index >= 15 is 0 Å². The first-order chi connectivity index (χ1) is 12.2. The van der Waals surface area contributed by atoms with Crippen molar-refractivity contribution in [3.63, 3.8) is 0 Å². The standard InChI is InChI=1S/C19H16N2O4/c22-18(24-13-14-7-3-1-4-8-14)12-20-19(23)16-11-17(25-21-16)15-9-5-2-6-10-15/h1-11H,12-13H2,(H,20,23). The van der Waals surface area contributed by atoms with Gasteiger partial charge in [-0.3, -0.25) is 9.59 Å². The molecule has 0 spiro atoms. The summed E-state index contributed by atoms with van der Waals surface area (Å²) in [5, 5.41) is 6.19. The summed E-state index contributed by atoms with van der Waals surface area (Å²) in [5.41, 5.74) is 1.80. The first-order valence-electron chi connectivity index (χ1n) is 7.72. The van der Waals surface area contributed by atoms with E-state index in [2.05, 4.69) is 10.5 Å². The summed E-state index contributed by atoms with van der Waals surface area (Å²) in [5.74, 6) is -0.538. The second-order valence-electron chi connectivity index (χ2n) is 5.27. The largest absolute Gasteiger partial charge is 0.460 e. The summed E-state index contributed by atoms with van der Waals surface area (Å²) < 4.78 is 10.2. The lowest BCUT2D eigenvalue weighted by Gasteiger charge is -2.05. The molecule has 1 heterocycles. The molecule has 0 aliphatic heterocycles. The SMILES string of the molecule is O=C(CNC(=O)c1cc(-c2ccccc2)on1)OCc1ccccc1. The zero-order chi connectivity index (χ0) is 17.5. The minimum atomic E-state index is -0.524. The first-order valence-corrected chi connectivity index (χ1v) is 7.72. The number of esters is 1. The molecule has 0 aliphatic rings. The van der Waals surface area contributed by atoms with Crippen molar-refractivity contribution in [1.29, 1.82) is 0 Å². The van der Waals surface area contributed by atoms with Crippen LogP contribution in [0.25, 0.3) is 11.3 Å². The molecule has 0 saturated heterocycles. The molecule has 3 rings (SSSR count). The first kappa shape index (κ1) is 16.4. The van der Waals surface area contributed by atoms with Gasteiger partial charge in [0.15, 0.2) is 11.5 Å². The molecule has 1 aromatic heterocycles. The molecule has 0 unspecified atom stereocenters. The smallest absolute Gasteiger partial charge is 0.325 e. The number of nitrogens with zero attached hydrogens (tertiary/aromatic N) is 1. The van der Waals surface area contributed by atoms with Crippen molar-refractivity contribution in [2.45, 2.75) is 6.61 Å². The number of rotatable bonds is 6. The summed E-state index contributed by atoms with van der Waals surface area (Å²) in [7, 11) is 0.